The van der Waals surface area contributed by atoms with Crippen LogP contribution in [-0.4, -0.2) is 9.97 Å². The van der Waals surface area contributed by atoms with E-state index in [0.717, 1.165) is 12.0 Å². The van der Waals surface area contributed by atoms with Crippen LogP contribution in [0.25, 0.3) is 0 Å². The van der Waals surface area contributed by atoms with E-state index in [2.05, 4.69) is 30.7 Å². The Balaban J connectivity index is 2.71. The summed E-state index contributed by atoms with van der Waals surface area (Å²) in [6, 6.07) is 0. The summed E-state index contributed by atoms with van der Waals surface area (Å²) in [6.45, 7) is 6.55. The number of halogens is 1. The number of rotatable bonds is 1. The Morgan fingerprint density at radius 1 is 1.25 bits per heavy atom. The molecule has 0 unspecified atom stereocenters. The molecule has 2 nitrogen and oxygen atoms in total. The maximum absolute atomic E-state index is 5.56. The second-order valence-corrected chi connectivity index (χ2v) is 4.44. The Morgan fingerprint density at radius 2 is 1.75 bits per heavy atom. The van der Waals surface area contributed by atoms with Gasteiger partial charge in [-0.3, -0.25) is 0 Å². The van der Waals surface area contributed by atoms with Gasteiger partial charge in [0.15, 0.2) is 0 Å². The fourth-order valence-corrected chi connectivity index (χ4v) is 1.14. The zero-order valence-electron chi connectivity index (χ0n) is 7.63. The highest BCUT2D eigenvalue weighted by Crippen LogP contribution is 2.19. The fourth-order valence-electron chi connectivity index (χ4n) is 1.04. The van der Waals surface area contributed by atoms with Crippen LogP contribution in [0.15, 0.2) is 12.4 Å². The van der Waals surface area contributed by atoms with E-state index in [1.807, 2.05) is 0 Å². The molecule has 1 heterocycles. The largest absolute Gasteiger partial charge is 0.226 e. The van der Waals surface area contributed by atoms with Gasteiger partial charge < -0.3 is 0 Å². The van der Waals surface area contributed by atoms with Gasteiger partial charge in [-0.05, 0) is 29.0 Å². The number of hydrogen-bond donors (Lipinski definition) is 0. The van der Waals surface area contributed by atoms with E-state index in [1.54, 1.807) is 12.4 Å². The van der Waals surface area contributed by atoms with E-state index in [-0.39, 0.29) is 5.41 Å². The molecule has 0 saturated heterocycles. The van der Waals surface area contributed by atoms with Gasteiger partial charge in [0.05, 0.1) is 0 Å². The highest BCUT2D eigenvalue weighted by Gasteiger charge is 2.11. The minimum absolute atomic E-state index is 0.275. The first-order chi connectivity index (χ1) is 5.47. The Morgan fingerprint density at radius 3 is 2.17 bits per heavy atom. The summed E-state index contributed by atoms with van der Waals surface area (Å²) in [5.74, 6) is 0. The van der Waals surface area contributed by atoms with Crippen molar-refractivity contribution in [2.75, 3.05) is 0 Å². The molecule has 0 aromatic carbocycles. The number of hydrogen-bond acceptors (Lipinski definition) is 2. The molecule has 0 spiro atoms. The minimum atomic E-state index is 0.275. The number of nitrogens with zero attached hydrogens (tertiary/aromatic N) is 2. The predicted octanol–water partition coefficient (Wildman–Crippen LogP) is 2.72. The lowest BCUT2D eigenvalue weighted by molar-refractivity contribution is 0.410. The maximum atomic E-state index is 5.56. The molecule has 1 aromatic heterocycles. The van der Waals surface area contributed by atoms with E-state index < -0.39 is 0 Å². The summed E-state index contributed by atoms with van der Waals surface area (Å²) >= 11 is 5.56. The Kier molecular flexibility index (Phi) is 2.68. The Hall–Kier alpha value is -0.630. The van der Waals surface area contributed by atoms with Crippen molar-refractivity contribution < 1.29 is 0 Å². The molecule has 0 fully saturated rings. The van der Waals surface area contributed by atoms with Crippen molar-refractivity contribution in [1.82, 2.24) is 9.97 Å². The zero-order valence-corrected chi connectivity index (χ0v) is 8.39. The second kappa shape index (κ2) is 3.40. The summed E-state index contributed by atoms with van der Waals surface area (Å²) in [6.07, 6.45) is 4.53. The van der Waals surface area contributed by atoms with Crippen LogP contribution in [0.1, 0.15) is 26.3 Å². The molecule has 12 heavy (non-hydrogen) atoms. The van der Waals surface area contributed by atoms with E-state index in [4.69, 9.17) is 11.6 Å². The van der Waals surface area contributed by atoms with Crippen molar-refractivity contribution in [2.24, 2.45) is 5.41 Å². The van der Waals surface area contributed by atoms with Crippen molar-refractivity contribution in [3.8, 4) is 0 Å². The van der Waals surface area contributed by atoms with Gasteiger partial charge in [-0.2, -0.15) is 0 Å². The quantitative estimate of drug-likeness (QED) is 0.628. The lowest BCUT2D eigenvalue weighted by Gasteiger charge is -2.17. The van der Waals surface area contributed by atoms with Gasteiger partial charge in [0.1, 0.15) is 0 Å². The molecule has 0 amide bonds. The van der Waals surface area contributed by atoms with E-state index in [0.29, 0.717) is 5.28 Å². The third-order valence-electron chi connectivity index (χ3n) is 1.41. The Bertz CT molecular complexity index is 248. The van der Waals surface area contributed by atoms with E-state index in [9.17, 15) is 0 Å². The first kappa shape index (κ1) is 9.46. The lowest BCUT2D eigenvalue weighted by atomic mass is 9.89. The molecule has 3 heteroatoms. The molecule has 0 radical (unpaired) electrons. The van der Waals surface area contributed by atoms with Crippen molar-refractivity contribution in [3.63, 3.8) is 0 Å². The molecule has 66 valence electrons. The molecule has 0 saturated carbocycles. The molecule has 0 N–H and O–H groups in total. The lowest BCUT2D eigenvalue weighted by Crippen LogP contribution is -2.09. The smallest absolute Gasteiger partial charge is 0.222 e. The van der Waals surface area contributed by atoms with Gasteiger partial charge in [-0.1, -0.05) is 20.8 Å². The summed E-state index contributed by atoms with van der Waals surface area (Å²) in [5, 5.41) is 0.313. The standard InChI is InChI=1S/C9H13ClN2/c1-9(2,3)4-7-5-11-8(10)12-6-7/h5-6H,4H2,1-3H3. The zero-order chi connectivity index (χ0) is 9.19. The maximum Gasteiger partial charge on any atom is 0.222 e. The highest BCUT2D eigenvalue weighted by atomic mass is 35.5. The summed E-state index contributed by atoms with van der Waals surface area (Å²) < 4.78 is 0. The summed E-state index contributed by atoms with van der Waals surface area (Å²) in [4.78, 5) is 7.84. The molecule has 0 atom stereocenters. The van der Waals surface area contributed by atoms with Crippen LogP contribution in [-0.2, 0) is 6.42 Å². The van der Waals surface area contributed by atoms with Crippen LogP contribution in [0.2, 0.25) is 5.28 Å². The van der Waals surface area contributed by atoms with E-state index in [1.165, 1.54) is 0 Å². The van der Waals surface area contributed by atoms with Gasteiger partial charge in [0.25, 0.3) is 0 Å². The average molecular weight is 185 g/mol. The molecule has 0 aliphatic carbocycles. The highest BCUT2D eigenvalue weighted by molar-refractivity contribution is 6.28. The van der Waals surface area contributed by atoms with Gasteiger partial charge in [0, 0.05) is 12.4 Å². The van der Waals surface area contributed by atoms with E-state index >= 15 is 0 Å². The number of aromatic nitrogens is 2. The van der Waals surface area contributed by atoms with Crippen LogP contribution in [0, 0.1) is 5.41 Å². The monoisotopic (exact) mass is 184 g/mol. The molecule has 1 rings (SSSR count). The van der Waals surface area contributed by atoms with Crippen molar-refractivity contribution >= 4 is 11.6 Å². The van der Waals surface area contributed by atoms with Gasteiger partial charge in [-0.15, -0.1) is 0 Å². The predicted molar refractivity (Wildman–Crippen MR) is 50.2 cm³/mol. The summed E-state index contributed by atoms with van der Waals surface area (Å²) in [5.41, 5.74) is 1.41. The molecule has 1 aromatic rings. The average Bonchev–Trinajstić information content (AvgIpc) is 1.91. The van der Waals surface area contributed by atoms with Crippen LogP contribution >= 0.6 is 11.6 Å². The molecular formula is C9H13ClN2. The van der Waals surface area contributed by atoms with Crippen LogP contribution in [0.3, 0.4) is 0 Å². The molecule has 0 aliphatic rings. The van der Waals surface area contributed by atoms with Crippen LogP contribution in [0.4, 0.5) is 0 Å². The Labute approximate surface area is 78.0 Å². The first-order valence-electron chi connectivity index (χ1n) is 3.94. The normalized spacial score (nSPS) is 11.7. The molecule has 0 aliphatic heterocycles. The van der Waals surface area contributed by atoms with Crippen molar-refractivity contribution in [2.45, 2.75) is 27.2 Å². The topological polar surface area (TPSA) is 25.8 Å². The SMILES string of the molecule is CC(C)(C)Cc1cnc(Cl)nc1. The van der Waals surface area contributed by atoms with Crippen LogP contribution < -0.4 is 0 Å². The fraction of sp³-hybridized carbons (Fsp3) is 0.556. The van der Waals surface area contributed by atoms with Gasteiger partial charge in [0.2, 0.25) is 5.28 Å². The van der Waals surface area contributed by atoms with Gasteiger partial charge >= 0.3 is 0 Å². The van der Waals surface area contributed by atoms with Crippen molar-refractivity contribution in [3.05, 3.63) is 23.2 Å². The minimum Gasteiger partial charge on any atom is -0.226 e. The first-order valence-corrected chi connectivity index (χ1v) is 4.32. The molecule has 0 bridgehead atoms. The van der Waals surface area contributed by atoms with Gasteiger partial charge in [-0.25, -0.2) is 9.97 Å². The molecular weight excluding hydrogens is 172 g/mol. The summed E-state index contributed by atoms with van der Waals surface area (Å²) in [7, 11) is 0. The van der Waals surface area contributed by atoms with Crippen molar-refractivity contribution in [1.29, 1.82) is 0 Å². The third-order valence-corrected chi connectivity index (χ3v) is 1.60. The van der Waals surface area contributed by atoms with Crippen LogP contribution in [0.5, 0.6) is 0 Å². The second-order valence-electron chi connectivity index (χ2n) is 4.10. The third kappa shape index (κ3) is 3.18.